The van der Waals surface area contributed by atoms with Crippen LogP contribution in [-0.2, 0) is 6.42 Å². The molecule has 2 heteroatoms. The molecule has 0 spiro atoms. The Morgan fingerprint density at radius 3 is 2.71 bits per heavy atom. The third-order valence-corrected chi connectivity index (χ3v) is 3.14. The topological polar surface area (TPSA) is 12.0 Å². The largest absolute Gasteiger partial charge is 0.314 e. The fourth-order valence-electron chi connectivity index (χ4n) is 2.02. The summed E-state index contributed by atoms with van der Waals surface area (Å²) in [6, 6.07) is 5.87. The van der Waals surface area contributed by atoms with Gasteiger partial charge in [0.15, 0.2) is 0 Å². The minimum absolute atomic E-state index is 0.0686. The summed E-state index contributed by atoms with van der Waals surface area (Å²) in [6.45, 7) is 7.41. The highest BCUT2D eigenvalue weighted by Crippen LogP contribution is 2.13. The second-order valence-corrected chi connectivity index (χ2v) is 4.69. The van der Waals surface area contributed by atoms with E-state index in [-0.39, 0.29) is 5.82 Å². The van der Waals surface area contributed by atoms with Gasteiger partial charge in [-0.25, -0.2) is 4.39 Å². The first kappa shape index (κ1) is 14.2. The normalized spacial score (nSPS) is 12.7. The molecule has 0 aliphatic carbocycles. The Hall–Kier alpha value is -0.890. The number of halogens is 1. The van der Waals surface area contributed by atoms with Gasteiger partial charge in [-0.05, 0) is 50.8 Å². The predicted octanol–water partition coefficient (Wildman–Crippen LogP) is 3.84. The van der Waals surface area contributed by atoms with Crippen molar-refractivity contribution in [3.05, 3.63) is 35.1 Å². The maximum Gasteiger partial charge on any atom is 0.126 e. The zero-order valence-electron chi connectivity index (χ0n) is 11.2. The lowest BCUT2D eigenvalue weighted by molar-refractivity contribution is 0.464. The fraction of sp³-hybridized carbons (Fsp3) is 0.600. The monoisotopic (exact) mass is 237 g/mol. The van der Waals surface area contributed by atoms with Crippen LogP contribution in [0, 0.1) is 12.7 Å². The Kier molecular flexibility index (Phi) is 6.20. The average Bonchev–Trinajstić information content (AvgIpc) is 2.33. The van der Waals surface area contributed by atoms with Gasteiger partial charge in [-0.3, -0.25) is 0 Å². The van der Waals surface area contributed by atoms with Crippen molar-refractivity contribution in [1.29, 1.82) is 0 Å². The molecule has 0 aromatic heterocycles. The van der Waals surface area contributed by atoms with E-state index in [1.165, 1.54) is 0 Å². The van der Waals surface area contributed by atoms with E-state index in [4.69, 9.17) is 0 Å². The molecule has 0 heterocycles. The molecule has 1 unspecified atom stereocenters. The van der Waals surface area contributed by atoms with Crippen LogP contribution in [0.4, 0.5) is 4.39 Å². The highest BCUT2D eigenvalue weighted by Gasteiger charge is 2.08. The second-order valence-electron chi connectivity index (χ2n) is 4.69. The molecule has 1 aromatic carbocycles. The highest BCUT2D eigenvalue weighted by atomic mass is 19.1. The molecule has 1 aromatic rings. The van der Waals surface area contributed by atoms with Gasteiger partial charge in [0.25, 0.3) is 0 Å². The Bertz CT molecular complexity index is 336. The van der Waals surface area contributed by atoms with Gasteiger partial charge in [-0.2, -0.15) is 0 Å². The number of nitrogens with one attached hydrogen (secondary N) is 1. The van der Waals surface area contributed by atoms with Crippen molar-refractivity contribution in [3.8, 4) is 0 Å². The Balaban J connectivity index is 2.50. The van der Waals surface area contributed by atoms with Crippen molar-refractivity contribution in [2.75, 3.05) is 6.54 Å². The first-order valence-corrected chi connectivity index (χ1v) is 6.65. The maximum absolute atomic E-state index is 13.6. The number of rotatable bonds is 7. The van der Waals surface area contributed by atoms with Crippen LogP contribution in [0.2, 0.25) is 0 Å². The number of hydrogen-bond acceptors (Lipinski definition) is 1. The summed E-state index contributed by atoms with van der Waals surface area (Å²) in [5.41, 5.74) is 1.98. The lowest BCUT2D eigenvalue weighted by Gasteiger charge is -2.16. The van der Waals surface area contributed by atoms with Gasteiger partial charge in [0, 0.05) is 6.04 Å². The van der Waals surface area contributed by atoms with E-state index < -0.39 is 0 Å². The minimum atomic E-state index is -0.0686. The Morgan fingerprint density at radius 1 is 1.29 bits per heavy atom. The SMILES string of the molecule is CCCNC(CC)CCc1cc(C)ccc1F. The van der Waals surface area contributed by atoms with Crippen LogP contribution < -0.4 is 5.32 Å². The summed E-state index contributed by atoms with van der Waals surface area (Å²) >= 11 is 0. The molecule has 0 radical (unpaired) electrons. The van der Waals surface area contributed by atoms with E-state index in [1.54, 1.807) is 6.07 Å². The number of aryl methyl sites for hydroxylation is 2. The summed E-state index contributed by atoms with van der Waals surface area (Å²) in [5, 5.41) is 3.50. The molecular weight excluding hydrogens is 213 g/mol. The smallest absolute Gasteiger partial charge is 0.126 e. The summed E-state index contributed by atoms with van der Waals surface area (Å²) < 4.78 is 13.6. The van der Waals surface area contributed by atoms with Gasteiger partial charge in [-0.15, -0.1) is 0 Å². The van der Waals surface area contributed by atoms with Crippen molar-refractivity contribution in [2.24, 2.45) is 0 Å². The summed E-state index contributed by atoms with van der Waals surface area (Å²) in [7, 11) is 0. The van der Waals surface area contributed by atoms with Gasteiger partial charge in [0.1, 0.15) is 5.82 Å². The van der Waals surface area contributed by atoms with E-state index >= 15 is 0 Å². The molecule has 0 bridgehead atoms. The Labute approximate surface area is 104 Å². The molecule has 1 rings (SSSR count). The zero-order valence-corrected chi connectivity index (χ0v) is 11.2. The second kappa shape index (κ2) is 7.44. The van der Waals surface area contributed by atoms with Crippen LogP contribution in [-0.4, -0.2) is 12.6 Å². The Morgan fingerprint density at radius 2 is 2.06 bits per heavy atom. The lowest BCUT2D eigenvalue weighted by Crippen LogP contribution is -2.29. The van der Waals surface area contributed by atoms with Gasteiger partial charge >= 0.3 is 0 Å². The van der Waals surface area contributed by atoms with Crippen LogP contribution in [0.1, 0.15) is 44.2 Å². The van der Waals surface area contributed by atoms with Gasteiger partial charge in [-0.1, -0.05) is 31.5 Å². The zero-order chi connectivity index (χ0) is 12.7. The number of hydrogen-bond donors (Lipinski definition) is 1. The third kappa shape index (κ3) is 4.86. The first-order chi connectivity index (χ1) is 8.17. The van der Waals surface area contributed by atoms with E-state index in [1.807, 2.05) is 19.1 Å². The third-order valence-electron chi connectivity index (χ3n) is 3.14. The predicted molar refractivity (Wildman–Crippen MR) is 71.8 cm³/mol. The van der Waals surface area contributed by atoms with Crippen LogP contribution in [0.3, 0.4) is 0 Å². The first-order valence-electron chi connectivity index (χ1n) is 6.65. The molecule has 17 heavy (non-hydrogen) atoms. The van der Waals surface area contributed by atoms with Crippen LogP contribution in [0.25, 0.3) is 0 Å². The van der Waals surface area contributed by atoms with E-state index in [0.717, 1.165) is 43.4 Å². The number of benzene rings is 1. The standard InChI is InChI=1S/C15H24FN/c1-4-10-17-14(5-2)8-7-13-11-12(3)6-9-15(13)16/h6,9,11,14,17H,4-5,7-8,10H2,1-3H3. The van der Waals surface area contributed by atoms with Crippen molar-refractivity contribution < 1.29 is 4.39 Å². The fourth-order valence-corrected chi connectivity index (χ4v) is 2.02. The molecule has 0 saturated carbocycles. The molecular formula is C15H24FN. The van der Waals surface area contributed by atoms with Crippen LogP contribution in [0.5, 0.6) is 0 Å². The molecule has 0 aliphatic rings. The molecule has 0 fully saturated rings. The highest BCUT2D eigenvalue weighted by molar-refractivity contribution is 5.24. The summed E-state index contributed by atoms with van der Waals surface area (Å²) in [6.07, 6.45) is 4.09. The molecule has 1 N–H and O–H groups in total. The van der Waals surface area contributed by atoms with Crippen molar-refractivity contribution in [3.63, 3.8) is 0 Å². The van der Waals surface area contributed by atoms with Gasteiger partial charge < -0.3 is 5.32 Å². The van der Waals surface area contributed by atoms with E-state index in [2.05, 4.69) is 19.2 Å². The lowest BCUT2D eigenvalue weighted by atomic mass is 10.0. The average molecular weight is 237 g/mol. The molecule has 0 amide bonds. The molecule has 96 valence electrons. The van der Waals surface area contributed by atoms with Crippen molar-refractivity contribution in [2.45, 2.75) is 52.5 Å². The summed E-state index contributed by atoms with van der Waals surface area (Å²) in [4.78, 5) is 0. The molecule has 1 atom stereocenters. The van der Waals surface area contributed by atoms with E-state index in [9.17, 15) is 4.39 Å². The quantitative estimate of drug-likeness (QED) is 0.759. The molecule has 0 aliphatic heterocycles. The van der Waals surface area contributed by atoms with Crippen LogP contribution >= 0.6 is 0 Å². The van der Waals surface area contributed by atoms with E-state index in [0.29, 0.717) is 6.04 Å². The van der Waals surface area contributed by atoms with Crippen LogP contribution in [0.15, 0.2) is 18.2 Å². The van der Waals surface area contributed by atoms with Gasteiger partial charge in [0.05, 0.1) is 0 Å². The van der Waals surface area contributed by atoms with Crippen molar-refractivity contribution >= 4 is 0 Å². The minimum Gasteiger partial charge on any atom is -0.314 e. The summed E-state index contributed by atoms with van der Waals surface area (Å²) in [5.74, 6) is -0.0686. The maximum atomic E-state index is 13.6. The van der Waals surface area contributed by atoms with Crippen molar-refractivity contribution in [1.82, 2.24) is 5.32 Å². The molecule has 1 nitrogen and oxygen atoms in total. The van der Waals surface area contributed by atoms with Gasteiger partial charge in [0.2, 0.25) is 0 Å². The molecule has 0 saturated heterocycles.